The molecule has 1 aromatic heterocycles. The van der Waals surface area contributed by atoms with Crippen LogP contribution in [0.1, 0.15) is 26.0 Å². The van der Waals surface area contributed by atoms with Crippen LogP contribution in [0.2, 0.25) is 0 Å². The Morgan fingerprint density at radius 3 is 3.00 bits per heavy atom. The molecule has 1 rings (SSSR count). The Morgan fingerprint density at radius 1 is 1.64 bits per heavy atom. The minimum Gasteiger partial charge on any atom is -0.464 e. The van der Waals surface area contributed by atoms with Gasteiger partial charge in [-0.3, -0.25) is 0 Å². The van der Waals surface area contributed by atoms with Gasteiger partial charge in [-0.1, -0.05) is 13.0 Å². The molecule has 0 atom stereocenters. The van der Waals surface area contributed by atoms with Gasteiger partial charge in [-0.15, -0.1) is 0 Å². The zero-order chi connectivity index (χ0) is 10.4. The molecule has 0 unspecified atom stereocenters. The summed E-state index contributed by atoms with van der Waals surface area (Å²) >= 11 is 3.44. The summed E-state index contributed by atoms with van der Waals surface area (Å²) in [6.07, 6.45) is 4.92. The molecule has 0 bridgehead atoms. The van der Waals surface area contributed by atoms with Crippen molar-refractivity contribution in [2.75, 3.05) is 13.1 Å². The molecule has 0 aromatic carbocycles. The third kappa shape index (κ3) is 3.31. The molecular weight excluding hydrogens is 242 g/mol. The van der Waals surface area contributed by atoms with Gasteiger partial charge in [0.25, 0.3) is 0 Å². The van der Waals surface area contributed by atoms with Crippen LogP contribution in [0.25, 0.3) is 5.57 Å². The van der Waals surface area contributed by atoms with Crippen molar-refractivity contribution in [3.05, 3.63) is 28.6 Å². The van der Waals surface area contributed by atoms with Gasteiger partial charge in [-0.2, -0.15) is 0 Å². The van der Waals surface area contributed by atoms with Crippen molar-refractivity contribution in [1.29, 1.82) is 0 Å². The largest absolute Gasteiger partial charge is 0.464 e. The van der Waals surface area contributed by atoms with Crippen LogP contribution in [-0.4, -0.2) is 13.1 Å². The van der Waals surface area contributed by atoms with Gasteiger partial charge in [0, 0.05) is 0 Å². The average Bonchev–Trinajstić information content (AvgIpc) is 2.59. The van der Waals surface area contributed by atoms with Gasteiger partial charge in [-0.05, 0) is 54.0 Å². The Hall–Kier alpha value is -0.540. The molecule has 14 heavy (non-hydrogen) atoms. The maximum Gasteiger partial charge on any atom is 0.143 e. The first-order valence-electron chi connectivity index (χ1n) is 4.86. The fourth-order valence-electron chi connectivity index (χ4n) is 1.24. The molecule has 0 radical (unpaired) electrons. The van der Waals surface area contributed by atoms with Crippen LogP contribution >= 0.6 is 15.9 Å². The van der Waals surface area contributed by atoms with Gasteiger partial charge in [0.15, 0.2) is 0 Å². The number of furan rings is 1. The van der Waals surface area contributed by atoms with Gasteiger partial charge in [0.1, 0.15) is 5.76 Å². The summed E-state index contributed by atoms with van der Waals surface area (Å²) in [5.74, 6) is 0.932. The molecule has 0 aliphatic heterocycles. The molecule has 0 spiro atoms. The molecule has 1 heterocycles. The van der Waals surface area contributed by atoms with E-state index < -0.39 is 0 Å². The van der Waals surface area contributed by atoms with Crippen molar-refractivity contribution in [1.82, 2.24) is 5.32 Å². The average molecular weight is 258 g/mol. The number of rotatable bonds is 5. The highest BCUT2D eigenvalue weighted by molar-refractivity contribution is 9.10. The first kappa shape index (κ1) is 11.5. The van der Waals surface area contributed by atoms with Crippen molar-refractivity contribution in [3.63, 3.8) is 0 Å². The monoisotopic (exact) mass is 257 g/mol. The highest BCUT2D eigenvalue weighted by Gasteiger charge is 2.03. The molecule has 0 aliphatic carbocycles. The van der Waals surface area contributed by atoms with Gasteiger partial charge in [0.05, 0.1) is 10.7 Å². The minimum absolute atomic E-state index is 0.932. The SMILES string of the molecule is CCNCCC=C(C)c1occc1Br. The topological polar surface area (TPSA) is 25.2 Å². The first-order chi connectivity index (χ1) is 6.75. The van der Waals surface area contributed by atoms with Crippen molar-refractivity contribution in [2.24, 2.45) is 0 Å². The fourth-order valence-corrected chi connectivity index (χ4v) is 1.75. The van der Waals surface area contributed by atoms with E-state index in [2.05, 4.69) is 41.2 Å². The molecule has 0 fully saturated rings. The predicted octanol–water partition coefficient (Wildman–Crippen LogP) is 3.45. The van der Waals surface area contributed by atoms with Crippen LogP contribution in [0.15, 0.2) is 27.3 Å². The Labute approximate surface area is 93.5 Å². The number of hydrogen-bond donors (Lipinski definition) is 1. The van der Waals surface area contributed by atoms with Gasteiger partial charge in [-0.25, -0.2) is 0 Å². The summed E-state index contributed by atoms with van der Waals surface area (Å²) in [6, 6.07) is 1.91. The van der Waals surface area contributed by atoms with Crippen LogP contribution in [0.5, 0.6) is 0 Å². The molecule has 78 valence electrons. The molecule has 1 aromatic rings. The van der Waals surface area contributed by atoms with Gasteiger partial charge >= 0.3 is 0 Å². The van der Waals surface area contributed by atoms with Crippen molar-refractivity contribution in [2.45, 2.75) is 20.3 Å². The highest BCUT2D eigenvalue weighted by atomic mass is 79.9. The van der Waals surface area contributed by atoms with E-state index in [0.717, 1.165) is 29.7 Å². The fraction of sp³-hybridized carbons (Fsp3) is 0.455. The van der Waals surface area contributed by atoms with E-state index in [1.165, 1.54) is 5.57 Å². The second-order valence-corrected chi connectivity index (χ2v) is 3.98. The molecule has 0 amide bonds. The molecule has 2 nitrogen and oxygen atoms in total. The van der Waals surface area contributed by atoms with Gasteiger partial charge in [0.2, 0.25) is 0 Å². The summed E-state index contributed by atoms with van der Waals surface area (Å²) in [4.78, 5) is 0. The first-order valence-corrected chi connectivity index (χ1v) is 5.65. The molecular formula is C11H16BrNO. The summed E-state index contributed by atoms with van der Waals surface area (Å²) in [5.41, 5.74) is 1.18. The summed E-state index contributed by atoms with van der Waals surface area (Å²) in [5, 5.41) is 3.28. The highest BCUT2D eigenvalue weighted by Crippen LogP contribution is 2.24. The molecule has 0 aliphatic rings. The Balaban J connectivity index is 2.48. The van der Waals surface area contributed by atoms with Crippen molar-refractivity contribution >= 4 is 21.5 Å². The molecule has 0 saturated carbocycles. The van der Waals surface area contributed by atoms with Crippen LogP contribution in [0.4, 0.5) is 0 Å². The Bertz CT molecular complexity index is 304. The maximum absolute atomic E-state index is 5.35. The Morgan fingerprint density at radius 2 is 2.43 bits per heavy atom. The quantitative estimate of drug-likeness (QED) is 0.818. The summed E-state index contributed by atoms with van der Waals surface area (Å²) in [7, 11) is 0. The molecule has 3 heteroatoms. The van der Waals surface area contributed by atoms with E-state index in [4.69, 9.17) is 4.42 Å². The zero-order valence-electron chi connectivity index (χ0n) is 8.64. The minimum atomic E-state index is 0.932. The third-order valence-corrected chi connectivity index (χ3v) is 2.62. The normalized spacial score (nSPS) is 12.1. The molecule has 0 saturated heterocycles. The standard InChI is InChI=1S/C11H16BrNO/c1-3-13-7-4-5-9(2)11-10(12)6-8-14-11/h5-6,8,13H,3-4,7H2,1-2H3. The number of hydrogen-bond acceptors (Lipinski definition) is 2. The van der Waals surface area contributed by atoms with E-state index in [-0.39, 0.29) is 0 Å². The van der Waals surface area contributed by atoms with E-state index in [1.807, 2.05) is 6.07 Å². The third-order valence-electron chi connectivity index (χ3n) is 2.00. The van der Waals surface area contributed by atoms with E-state index >= 15 is 0 Å². The zero-order valence-corrected chi connectivity index (χ0v) is 10.2. The van der Waals surface area contributed by atoms with Crippen LogP contribution < -0.4 is 5.32 Å². The van der Waals surface area contributed by atoms with E-state index in [9.17, 15) is 0 Å². The van der Waals surface area contributed by atoms with E-state index in [0.29, 0.717) is 0 Å². The lowest BCUT2D eigenvalue weighted by Crippen LogP contribution is -2.13. The lowest BCUT2D eigenvalue weighted by molar-refractivity contribution is 0.550. The Kier molecular flexibility index (Phi) is 4.98. The van der Waals surface area contributed by atoms with E-state index in [1.54, 1.807) is 6.26 Å². The van der Waals surface area contributed by atoms with Crippen molar-refractivity contribution < 1.29 is 4.42 Å². The van der Waals surface area contributed by atoms with Gasteiger partial charge < -0.3 is 9.73 Å². The smallest absolute Gasteiger partial charge is 0.143 e. The second kappa shape index (κ2) is 6.04. The predicted molar refractivity (Wildman–Crippen MR) is 63.2 cm³/mol. The second-order valence-electron chi connectivity index (χ2n) is 3.13. The van der Waals surface area contributed by atoms with Crippen molar-refractivity contribution in [3.8, 4) is 0 Å². The summed E-state index contributed by atoms with van der Waals surface area (Å²) < 4.78 is 6.37. The summed E-state index contributed by atoms with van der Waals surface area (Å²) in [6.45, 7) is 6.22. The lowest BCUT2D eigenvalue weighted by atomic mass is 10.2. The van der Waals surface area contributed by atoms with Crippen LogP contribution in [-0.2, 0) is 0 Å². The number of nitrogens with one attached hydrogen (secondary N) is 1. The van der Waals surface area contributed by atoms with Crippen LogP contribution in [0.3, 0.4) is 0 Å². The maximum atomic E-state index is 5.35. The number of allylic oxidation sites excluding steroid dienone is 1. The van der Waals surface area contributed by atoms with Crippen LogP contribution in [0, 0.1) is 0 Å². The lowest BCUT2D eigenvalue weighted by Gasteiger charge is -1.99. The number of halogens is 1. The molecule has 1 N–H and O–H groups in total.